The van der Waals surface area contributed by atoms with Crippen molar-refractivity contribution in [1.29, 1.82) is 0 Å². The Labute approximate surface area is 180 Å². The predicted molar refractivity (Wildman–Crippen MR) is 118 cm³/mol. The second-order valence-electron chi connectivity index (χ2n) is 8.40. The number of halogens is 1. The number of carbonyl (C=O) groups is 1. The van der Waals surface area contributed by atoms with Gasteiger partial charge in [-0.15, -0.1) is 0 Å². The number of aromatic nitrogens is 2. The van der Waals surface area contributed by atoms with Gasteiger partial charge in [0.25, 0.3) is 0 Å². The van der Waals surface area contributed by atoms with Crippen molar-refractivity contribution in [1.82, 2.24) is 14.9 Å². The maximum absolute atomic E-state index is 13.5. The van der Waals surface area contributed by atoms with E-state index in [2.05, 4.69) is 53.4 Å². The van der Waals surface area contributed by atoms with Gasteiger partial charge in [-0.25, -0.2) is 9.37 Å². The largest absolute Gasteiger partial charge is 0.370 e. The maximum Gasteiger partial charge on any atom is 0.231 e. The van der Waals surface area contributed by atoms with E-state index in [-0.39, 0.29) is 30.4 Å². The van der Waals surface area contributed by atoms with E-state index in [1.54, 1.807) is 6.07 Å². The normalized spacial score (nSPS) is 19.4. The van der Waals surface area contributed by atoms with Gasteiger partial charge in [0, 0.05) is 13.1 Å². The average molecular weight is 426 g/mol. The molecule has 3 aromatic rings. The predicted octanol–water partition coefficient (Wildman–Crippen LogP) is 2.99. The molecule has 1 aliphatic rings. The highest BCUT2D eigenvalue weighted by atomic mass is 19.1. The zero-order chi connectivity index (χ0) is 22.0. The Kier molecular flexibility index (Phi) is 6.20. The van der Waals surface area contributed by atoms with Crippen molar-refractivity contribution in [3.05, 3.63) is 59.4 Å². The molecule has 2 heterocycles. The van der Waals surface area contributed by atoms with Crippen LogP contribution in [-0.2, 0) is 16.1 Å². The molecule has 4 N–H and O–H groups in total. The average Bonchev–Trinajstić information content (AvgIpc) is 3.28. The lowest BCUT2D eigenvalue weighted by atomic mass is 10.0. The van der Waals surface area contributed by atoms with E-state index in [4.69, 9.17) is 10.5 Å². The molecule has 1 aromatic heterocycles. The molecule has 0 unspecified atom stereocenters. The number of rotatable bonds is 8. The Hall–Kier alpha value is -2.97. The zero-order valence-corrected chi connectivity index (χ0v) is 17.8. The first kappa shape index (κ1) is 21.3. The summed E-state index contributed by atoms with van der Waals surface area (Å²) in [4.78, 5) is 21.0. The molecule has 164 valence electrons. The summed E-state index contributed by atoms with van der Waals surface area (Å²) in [5, 5.41) is 3.36. The summed E-state index contributed by atoms with van der Waals surface area (Å²) in [5.74, 6) is 0.336. The number of nitrogens with zero attached hydrogens (tertiary/aromatic N) is 2. The van der Waals surface area contributed by atoms with Crippen LogP contribution in [0.3, 0.4) is 0 Å². The number of imidazole rings is 1. The zero-order valence-electron chi connectivity index (χ0n) is 17.8. The van der Waals surface area contributed by atoms with Gasteiger partial charge in [-0.2, -0.15) is 0 Å². The molecule has 1 fully saturated rings. The van der Waals surface area contributed by atoms with Crippen LogP contribution in [-0.4, -0.2) is 52.6 Å². The van der Waals surface area contributed by atoms with Gasteiger partial charge in [-0.3, -0.25) is 9.69 Å². The summed E-state index contributed by atoms with van der Waals surface area (Å²) in [5.41, 5.74) is 9.07. The third-order valence-electron chi connectivity index (χ3n) is 5.60. The lowest BCUT2D eigenvalue weighted by Crippen LogP contribution is -2.35. The maximum atomic E-state index is 13.5. The third kappa shape index (κ3) is 5.21. The minimum atomic E-state index is -0.372. The standard InChI is InChI=1S/C23H28FN5O2/c1-14(2)16-5-3-15(4-6-16)13-31-21-11-29(12-22(25)30)10-20(21)28-23-26-18-8-7-17(24)9-19(18)27-23/h3-9,14,20-21H,10-13H2,1-2H3,(H2,25,30)(H2,26,27,28)/t20-,21-/m0/s1. The summed E-state index contributed by atoms with van der Waals surface area (Å²) < 4.78 is 19.7. The van der Waals surface area contributed by atoms with E-state index in [1.807, 2.05) is 4.90 Å². The van der Waals surface area contributed by atoms with E-state index in [0.29, 0.717) is 42.6 Å². The van der Waals surface area contributed by atoms with Crippen molar-refractivity contribution in [3.8, 4) is 0 Å². The van der Waals surface area contributed by atoms with Crippen LogP contribution in [0, 0.1) is 5.82 Å². The fraction of sp³-hybridized carbons (Fsp3) is 0.391. The summed E-state index contributed by atoms with van der Waals surface area (Å²) in [6.07, 6.45) is -0.158. The first-order chi connectivity index (χ1) is 14.9. The number of hydrogen-bond acceptors (Lipinski definition) is 5. The molecule has 0 saturated carbocycles. The molecule has 0 bridgehead atoms. The molecule has 1 aliphatic heterocycles. The van der Waals surface area contributed by atoms with Crippen molar-refractivity contribution < 1.29 is 13.9 Å². The van der Waals surface area contributed by atoms with Gasteiger partial charge in [-0.05, 0) is 35.2 Å². The van der Waals surface area contributed by atoms with Gasteiger partial charge in [0.2, 0.25) is 11.9 Å². The summed E-state index contributed by atoms with van der Waals surface area (Å²) in [6, 6.07) is 12.8. The molecule has 4 rings (SSSR count). The highest BCUT2D eigenvalue weighted by molar-refractivity contribution is 5.77. The molecule has 0 aliphatic carbocycles. The number of amides is 1. The minimum absolute atomic E-state index is 0.0975. The quantitative estimate of drug-likeness (QED) is 0.516. The number of anilines is 1. The molecular weight excluding hydrogens is 397 g/mol. The highest BCUT2D eigenvalue weighted by Gasteiger charge is 2.34. The van der Waals surface area contributed by atoms with Gasteiger partial charge >= 0.3 is 0 Å². The van der Waals surface area contributed by atoms with Crippen LogP contribution < -0.4 is 11.1 Å². The highest BCUT2D eigenvalue weighted by Crippen LogP contribution is 2.22. The third-order valence-corrected chi connectivity index (χ3v) is 5.60. The number of aromatic amines is 1. The number of nitrogens with two attached hydrogens (primary N) is 1. The Morgan fingerprint density at radius 2 is 2.06 bits per heavy atom. The van der Waals surface area contributed by atoms with Crippen LogP contribution >= 0.6 is 0 Å². The molecule has 2 atom stereocenters. The molecule has 8 heteroatoms. The number of likely N-dealkylation sites (tertiary alicyclic amines) is 1. The van der Waals surface area contributed by atoms with Crippen molar-refractivity contribution in [2.45, 2.75) is 38.5 Å². The molecule has 31 heavy (non-hydrogen) atoms. The van der Waals surface area contributed by atoms with Gasteiger partial charge in [0.1, 0.15) is 5.82 Å². The van der Waals surface area contributed by atoms with Crippen LogP contribution in [0.15, 0.2) is 42.5 Å². The SMILES string of the molecule is CC(C)c1ccc(CO[C@H]2CN(CC(N)=O)C[C@@H]2Nc2nc3ccc(F)cc3[nH]2)cc1. The summed E-state index contributed by atoms with van der Waals surface area (Å²) in [6.45, 7) is 6.15. The smallest absolute Gasteiger partial charge is 0.231 e. The molecule has 7 nitrogen and oxygen atoms in total. The molecule has 0 radical (unpaired) electrons. The number of carbonyl (C=O) groups excluding carboxylic acids is 1. The van der Waals surface area contributed by atoms with E-state index < -0.39 is 0 Å². The van der Waals surface area contributed by atoms with Crippen LogP contribution in [0.4, 0.5) is 10.3 Å². The molecular formula is C23H28FN5O2. The number of H-pyrrole nitrogens is 1. The van der Waals surface area contributed by atoms with E-state index >= 15 is 0 Å². The van der Waals surface area contributed by atoms with Crippen molar-refractivity contribution in [3.63, 3.8) is 0 Å². The van der Waals surface area contributed by atoms with E-state index in [9.17, 15) is 9.18 Å². The van der Waals surface area contributed by atoms with E-state index in [1.165, 1.54) is 17.7 Å². The first-order valence-corrected chi connectivity index (χ1v) is 10.5. The number of fused-ring (bicyclic) bond motifs is 1. The summed E-state index contributed by atoms with van der Waals surface area (Å²) >= 11 is 0. The number of nitrogens with one attached hydrogen (secondary N) is 2. The Morgan fingerprint density at radius 3 is 2.77 bits per heavy atom. The van der Waals surface area contributed by atoms with Crippen molar-refractivity contribution in [2.75, 3.05) is 25.0 Å². The van der Waals surface area contributed by atoms with Crippen LogP contribution in [0.25, 0.3) is 11.0 Å². The fourth-order valence-electron chi connectivity index (χ4n) is 3.94. The Morgan fingerprint density at radius 1 is 1.29 bits per heavy atom. The Bertz CT molecular complexity index is 1050. The number of hydrogen-bond donors (Lipinski definition) is 3. The number of benzene rings is 2. The van der Waals surface area contributed by atoms with Gasteiger partial charge in [0.05, 0.1) is 36.3 Å². The lowest BCUT2D eigenvalue weighted by molar-refractivity contribution is -0.119. The topological polar surface area (TPSA) is 96.3 Å². The van der Waals surface area contributed by atoms with Crippen molar-refractivity contribution >= 4 is 22.9 Å². The van der Waals surface area contributed by atoms with Crippen LogP contribution in [0.1, 0.15) is 30.9 Å². The summed E-state index contributed by atoms with van der Waals surface area (Å²) in [7, 11) is 0. The van der Waals surface area contributed by atoms with Gasteiger partial charge in [0.15, 0.2) is 0 Å². The monoisotopic (exact) mass is 425 g/mol. The second-order valence-corrected chi connectivity index (χ2v) is 8.40. The first-order valence-electron chi connectivity index (χ1n) is 10.5. The lowest BCUT2D eigenvalue weighted by Gasteiger charge is -2.20. The number of ether oxygens (including phenoxy) is 1. The molecule has 0 spiro atoms. The molecule has 1 amide bonds. The minimum Gasteiger partial charge on any atom is -0.370 e. The van der Waals surface area contributed by atoms with E-state index in [0.717, 1.165) is 5.56 Å². The van der Waals surface area contributed by atoms with Crippen molar-refractivity contribution in [2.24, 2.45) is 5.73 Å². The van der Waals surface area contributed by atoms with Crippen LogP contribution in [0.5, 0.6) is 0 Å². The Balaban J connectivity index is 1.45. The fourth-order valence-corrected chi connectivity index (χ4v) is 3.94. The molecule has 2 aromatic carbocycles. The van der Waals surface area contributed by atoms with Gasteiger partial charge in [-0.1, -0.05) is 38.1 Å². The number of primary amides is 1. The van der Waals surface area contributed by atoms with Gasteiger partial charge < -0.3 is 20.8 Å². The van der Waals surface area contributed by atoms with Crippen LogP contribution in [0.2, 0.25) is 0 Å². The second kappa shape index (κ2) is 9.03. The molecule has 1 saturated heterocycles.